The molecule has 2 aromatic rings. The van der Waals surface area contributed by atoms with Gasteiger partial charge in [-0.25, -0.2) is 13.4 Å². The van der Waals surface area contributed by atoms with E-state index in [0.717, 1.165) is 24.3 Å². The molecular formula is C15H21N3O2S. The van der Waals surface area contributed by atoms with Gasteiger partial charge in [-0.3, -0.25) is 0 Å². The number of hydrogen-bond acceptors (Lipinski definition) is 4. The maximum absolute atomic E-state index is 12.1. The summed E-state index contributed by atoms with van der Waals surface area (Å²) in [4.78, 5) is 4.96. The molecule has 5 nitrogen and oxygen atoms in total. The summed E-state index contributed by atoms with van der Waals surface area (Å²) >= 11 is 0. The molecule has 1 aromatic heterocycles. The average molecular weight is 307 g/mol. The highest BCUT2D eigenvalue weighted by molar-refractivity contribution is 7.91. The molecule has 0 bridgehead atoms. The van der Waals surface area contributed by atoms with Crippen LogP contribution >= 0.6 is 0 Å². The first-order valence-electron chi connectivity index (χ1n) is 7.36. The van der Waals surface area contributed by atoms with Crippen LogP contribution in [0.1, 0.15) is 38.1 Å². The van der Waals surface area contributed by atoms with E-state index in [1.165, 1.54) is 19.1 Å². The second kappa shape index (κ2) is 5.10. The molecule has 1 aliphatic carbocycles. The van der Waals surface area contributed by atoms with Crippen LogP contribution in [0.25, 0.3) is 11.0 Å². The third kappa shape index (κ3) is 2.70. The molecule has 0 radical (unpaired) electrons. The Bertz CT molecular complexity index is 776. The molecule has 114 valence electrons. The van der Waals surface area contributed by atoms with Crippen LogP contribution in [0, 0.1) is 5.92 Å². The minimum absolute atomic E-state index is 0.163. The number of nitrogens with zero attached hydrogens (tertiary/aromatic N) is 2. The molecule has 3 rings (SSSR count). The third-order valence-electron chi connectivity index (χ3n) is 4.07. The number of para-hydroxylation sites is 1. The molecule has 0 saturated heterocycles. The first kappa shape index (κ1) is 14.5. The zero-order valence-electron chi connectivity index (χ0n) is 12.4. The van der Waals surface area contributed by atoms with Gasteiger partial charge >= 0.3 is 0 Å². The molecule has 1 saturated carbocycles. The summed E-state index contributed by atoms with van der Waals surface area (Å²) in [6.45, 7) is 2.83. The fourth-order valence-electron chi connectivity index (χ4n) is 2.68. The number of fused-ring (bicyclic) bond motifs is 1. The van der Waals surface area contributed by atoms with Gasteiger partial charge in [-0.2, -0.15) is 0 Å². The van der Waals surface area contributed by atoms with Crippen molar-refractivity contribution in [1.29, 1.82) is 0 Å². The van der Waals surface area contributed by atoms with Crippen LogP contribution in [0.4, 0.5) is 0 Å². The topological polar surface area (TPSA) is 78.0 Å². The predicted octanol–water partition coefficient (Wildman–Crippen LogP) is 2.26. The number of aromatic nitrogens is 2. The quantitative estimate of drug-likeness (QED) is 0.919. The minimum Gasteiger partial charge on any atom is -0.325 e. The Morgan fingerprint density at radius 2 is 2.14 bits per heavy atom. The SMILES string of the molecule is CC[C@H](N)c1nc2cccc(S(C)(=O)=O)c2n1CC1CC1. The summed E-state index contributed by atoms with van der Waals surface area (Å²) in [6, 6.07) is 5.10. The largest absolute Gasteiger partial charge is 0.325 e. The monoisotopic (exact) mass is 307 g/mol. The fraction of sp³-hybridized carbons (Fsp3) is 0.533. The van der Waals surface area contributed by atoms with Crippen LogP contribution in [0.15, 0.2) is 23.1 Å². The van der Waals surface area contributed by atoms with Gasteiger partial charge in [0.15, 0.2) is 9.84 Å². The van der Waals surface area contributed by atoms with Crippen molar-refractivity contribution < 1.29 is 8.42 Å². The summed E-state index contributed by atoms with van der Waals surface area (Å²) in [5, 5.41) is 0. The summed E-state index contributed by atoms with van der Waals surface area (Å²) in [5.74, 6) is 1.42. The van der Waals surface area contributed by atoms with E-state index in [2.05, 4.69) is 4.98 Å². The Morgan fingerprint density at radius 1 is 1.43 bits per heavy atom. The van der Waals surface area contributed by atoms with Gasteiger partial charge in [0.25, 0.3) is 0 Å². The number of benzene rings is 1. The molecule has 0 aliphatic heterocycles. The van der Waals surface area contributed by atoms with Crippen LogP contribution < -0.4 is 5.73 Å². The number of sulfone groups is 1. The van der Waals surface area contributed by atoms with Gasteiger partial charge in [0, 0.05) is 12.8 Å². The van der Waals surface area contributed by atoms with Crippen molar-refractivity contribution >= 4 is 20.9 Å². The van der Waals surface area contributed by atoms with E-state index in [1.54, 1.807) is 12.1 Å². The molecule has 1 aliphatic rings. The average Bonchev–Trinajstić information content (AvgIpc) is 3.17. The summed E-state index contributed by atoms with van der Waals surface area (Å²) in [5.41, 5.74) is 7.62. The molecule has 6 heteroatoms. The maximum Gasteiger partial charge on any atom is 0.177 e. The molecule has 1 fully saturated rings. The zero-order valence-corrected chi connectivity index (χ0v) is 13.2. The predicted molar refractivity (Wildman–Crippen MR) is 82.8 cm³/mol. The molecule has 21 heavy (non-hydrogen) atoms. The van der Waals surface area contributed by atoms with E-state index in [-0.39, 0.29) is 6.04 Å². The third-order valence-corrected chi connectivity index (χ3v) is 5.20. The fourth-order valence-corrected chi connectivity index (χ4v) is 3.57. The number of nitrogens with two attached hydrogens (primary N) is 1. The summed E-state index contributed by atoms with van der Waals surface area (Å²) in [7, 11) is -3.29. The Hall–Kier alpha value is -1.40. The van der Waals surface area contributed by atoms with Crippen LogP contribution in [0.2, 0.25) is 0 Å². The van der Waals surface area contributed by atoms with Crippen molar-refractivity contribution in [3.8, 4) is 0 Å². The smallest absolute Gasteiger partial charge is 0.177 e. The molecule has 0 spiro atoms. The summed E-state index contributed by atoms with van der Waals surface area (Å²) in [6.07, 6.45) is 4.42. The molecule has 2 N–H and O–H groups in total. The van der Waals surface area contributed by atoms with E-state index in [4.69, 9.17) is 5.73 Å². The molecule has 1 aromatic carbocycles. The van der Waals surface area contributed by atoms with Crippen molar-refractivity contribution in [3.63, 3.8) is 0 Å². The Kier molecular flexibility index (Phi) is 3.53. The Morgan fingerprint density at radius 3 is 2.71 bits per heavy atom. The Labute approximate surface area is 125 Å². The van der Waals surface area contributed by atoms with Gasteiger partial charge in [-0.05, 0) is 37.3 Å². The molecule has 1 atom stereocenters. The van der Waals surface area contributed by atoms with Crippen LogP contribution in [-0.2, 0) is 16.4 Å². The Balaban J connectivity index is 2.28. The van der Waals surface area contributed by atoms with Crippen molar-refractivity contribution in [1.82, 2.24) is 9.55 Å². The van der Waals surface area contributed by atoms with Gasteiger partial charge in [0.1, 0.15) is 5.82 Å². The van der Waals surface area contributed by atoms with E-state index >= 15 is 0 Å². The van der Waals surface area contributed by atoms with E-state index in [1.807, 2.05) is 17.6 Å². The molecule has 1 heterocycles. The van der Waals surface area contributed by atoms with Crippen molar-refractivity contribution in [2.45, 2.75) is 43.7 Å². The van der Waals surface area contributed by atoms with Crippen molar-refractivity contribution in [3.05, 3.63) is 24.0 Å². The normalized spacial score (nSPS) is 17.3. The van der Waals surface area contributed by atoms with Crippen molar-refractivity contribution in [2.75, 3.05) is 6.26 Å². The van der Waals surface area contributed by atoms with Crippen molar-refractivity contribution in [2.24, 2.45) is 11.7 Å². The van der Waals surface area contributed by atoms with Crippen LogP contribution in [0.5, 0.6) is 0 Å². The van der Waals surface area contributed by atoms with E-state index in [0.29, 0.717) is 16.3 Å². The lowest BCUT2D eigenvalue weighted by atomic mass is 10.2. The van der Waals surface area contributed by atoms with Gasteiger partial charge < -0.3 is 10.3 Å². The van der Waals surface area contributed by atoms with Gasteiger partial charge in [0.2, 0.25) is 0 Å². The highest BCUT2D eigenvalue weighted by Crippen LogP contribution is 2.35. The highest BCUT2D eigenvalue weighted by Gasteiger charge is 2.27. The van der Waals surface area contributed by atoms with Gasteiger partial charge in [-0.1, -0.05) is 13.0 Å². The lowest BCUT2D eigenvalue weighted by Crippen LogP contribution is -2.17. The zero-order chi connectivity index (χ0) is 15.2. The first-order valence-corrected chi connectivity index (χ1v) is 9.25. The van der Waals surface area contributed by atoms with Crippen LogP contribution in [-0.4, -0.2) is 24.2 Å². The number of hydrogen-bond donors (Lipinski definition) is 1. The first-order chi connectivity index (χ1) is 9.91. The van der Waals surface area contributed by atoms with Gasteiger partial charge in [-0.15, -0.1) is 0 Å². The molecule has 0 unspecified atom stereocenters. The number of imidazole rings is 1. The standard InChI is InChI=1S/C15H21N3O2S/c1-3-11(16)15-17-12-5-4-6-13(21(2,19)20)14(12)18(15)9-10-7-8-10/h4-6,10-11H,3,7-9,16H2,1-2H3/t11-/m0/s1. The highest BCUT2D eigenvalue weighted by atomic mass is 32.2. The van der Waals surface area contributed by atoms with Gasteiger partial charge in [0.05, 0.1) is 22.0 Å². The van der Waals surface area contributed by atoms with E-state index < -0.39 is 9.84 Å². The lowest BCUT2D eigenvalue weighted by Gasteiger charge is -2.14. The minimum atomic E-state index is -3.29. The second-order valence-electron chi connectivity index (χ2n) is 5.93. The molecule has 0 amide bonds. The van der Waals surface area contributed by atoms with Crippen LogP contribution in [0.3, 0.4) is 0 Å². The lowest BCUT2D eigenvalue weighted by molar-refractivity contribution is 0.552. The maximum atomic E-state index is 12.1. The number of rotatable bonds is 5. The molecular weight excluding hydrogens is 286 g/mol. The van der Waals surface area contributed by atoms with E-state index in [9.17, 15) is 8.42 Å². The summed E-state index contributed by atoms with van der Waals surface area (Å²) < 4.78 is 26.2. The second-order valence-corrected chi connectivity index (χ2v) is 7.92.